The zero-order chi connectivity index (χ0) is 14.2. The van der Waals surface area contributed by atoms with Gasteiger partial charge in [0.25, 0.3) is 0 Å². The van der Waals surface area contributed by atoms with E-state index in [2.05, 4.69) is 5.43 Å². The molecule has 1 heterocycles. The normalized spacial score (nSPS) is 20.3. The quantitative estimate of drug-likeness (QED) is 0.880. The van der Waals surface area contributed by atoms with Crippen molar-refractivity contribution in [2.24, 2.45) is 0 Å². The van der Waals surface area contributed by atoms with E-state index in [0.29, 0.717) is 5.69 Å². The SMILES string of the molecule is Cc1cccc(N2NC(C(F)(F)F)C(Cl)=C2CO)c1. The Morgan fingerprint density at radius 2 is 2.11 bits per heavy atom. The van der Waals surface area contributed by atoms with Crippen molar-refractivity contribution < 1.29 is 18.3 Å². The number of aliphatic hydroxyl groups is 1. The van der Waals surface area contributed by atoms with E-state index in [1.807, 2.05) is 13.0 Å². The van der Waals surface area contributed by atoms with Crippen LogP contribution in [0.5, 0.6) is 0 Å². The highest BCUT2D eigenvalue weighted by Gasteiger charge is 2.48. The van der Waals surface area contributed by atoms with Gasteiger partial charge in [0, 0.05) is 0 Å². The molecule has 0 fully saturated rings. The van der Waals surface area contributed by atoms with Crippen LogP contribution in [0.2, 0.25) is 0 Å². The number of hydrogen-bond donors (Lipinski definition) is 2. The number of nitrogens with one attached hydrogen (secondary N) is 1. The van der Waals surface area contributed by atoms with Crippen molar-refractivity contribution in [2.75, 3.05) is 11.6 Å². The van der Waals surface area contributed by atoms with Crippen LogP contribution in [0.4, 0.5) is 18.9 Å². The van der Waals surface area contributed by atoms with E-state index in [9.17, 15) is 18.3 Å². The number of benzene rings is 1. The van der Waals surface area contributed by atoms with Crippen molar-refractivity contribution in [3.8, 4) is 0 Å². The zero-order valence-corrected chi connectivity index (χ0v) is 10.8. The van der Waals surface area contributed by atoms with E-state index in [1.54, 1.807) is 18.2 Å². The molecule has 1 unspecified atom stereocenters. The van der Waals surface area contributed by atoms with Crippen LogP contribution < -0.4 is 10.4 Å². The number of nitrogens with zero attached hydrogens (tertiary/aromatic N) is 1. The molecule has 0 saturated carbocycles. The minimum atomic E-state index is -4.52. The van der Waals surface area contributed by atoms with Crippen molar-refractivity contribution in [3.63, 3.8) is 0 Å². The summed E-state index contributed by atoms with van der Waals surface area (Å²) in [4.78, 5) is 0. The molecule has 0 saturated heterocycles. The Morgan fingerprint density at radius 3 is 2.63 bits per heavy atom. The summed E-state index contributed by atoms with van der Waals surface area (Å²) in [5.74, 6) is 0. The third-order valence-electron chi connectivity index (χ3n) is 2.79. The lowest BCUT2D eigenvalue weighted by atomic mass is 10.2. The van der Waals surface area contributed by atoms with Gasteiger partial charge in [0.1, 0.15) is 0 Å². The molecule has 0 aliphatic carbocycles. The van der Waals surface area contributed by atoms with Gasteiger partial charge in [-0.3, -0.25) is 5.01 Å². The molecule has 19 heavy (non-hydrogen) atoms. The lowest BCUT2D eigenvalue weighted by molar-refractivity contribution is -0.143. The molecule has 3 nitrogen and oxygen atoms in total. The highest BCUT2D eigenvalue weighted by atomic mass is 35.5. The van der Waals surface area contributed by atoms with Crippen LogP contribution in [0, 0.1) is 6.92 Å². The van der Waals surface area contributed by atoms with Gasteiger partial charge >= 0.3 is 6.18 Å². The molecule has 7 heteroatoms. The first-order valence-electron chi connectivity index (χ1n) is 5.53. The Bertz CT molecular complexity index is 516. The van der Waals surface area contributed by atoms with Crippen molar-refractivity contribution in [1.29, 1.82) is 0 Å². The van der Waals surface area contributed by atoms with Crippen LogP contribution in [-0.2, 0) is 0 Å². The molecule has 0 amide bonds. The molecule has 0 spiro atoms. The molecule has 1 atom stereocenters. The average Bonchev–Trinajstić information content (AvgIpc) is 2.66. The molecule has 0 radical (unpaired) electrons. The summed E-state index contributed by atoms with van der Waals surface area (Å²) >= 11 is 5.71. The number of aryl methyl sites for hydroxylation is 1. The predicted octanol–water partition coefficient (Wildman–Crippen LogP) is 2.69. The van der Waals surface area contributed by atoms with E-state index in [0.717, 1.165) is 5.56 Å². The molecule has 0 aromatic heterocycles. The Labute approximate surface area is 113 Å². The first-order chi connectivity index (χ1) is 8.84. The molecular formula is C12H12ClF3N2O. The van der Waals surface area contributed by atoms with Gasteiger partial charge in [0.05, 0.1) is 23.0 Å². The lowest BCUT2D eigenvalue weighted by Crippen LogP contribution is -2.45. The molecule has 2 rings (SSSR count). The Morgan fingerprint density at radius 1 is 1.42 bits per heavy atom. The molecule has 104 valence electrons. The topological polar surface area (TPSA) is 35.5 Å². The monoisotopic (exact) mass is 292 g/mol. The second kappa shape index (κ2) is 5.03. The molecule has 0 bridgehead atoms. The fourth-order valence-corrected chi connectivity index (χ4v) is 2.21. The number of hydrogen-bond acceptors (Lipinski definition) is 3. The standard InChI is InChI=1S/C12H12ClF3N2O/c1-7-3-2-4-8(5-7)18-9(6-19)10(13)11(17-18)12(14,15)16/h2-5,11,17,19H,6H2,1H3. The smallest absolute Gasteiger partial charge is 0.390 e. The lowest BCUT2D eigenvalue weighted by Gasteiger charge is -2.24. The molecule has 1 aliphatic rings. The highest BCUT2D eigenvalue weighted by Crippen LogP contribution is 2.36. The summed E-state index contributed by atoms with van der Waals surface area (Å²) < 4.78 is 38.4. The van der Waals surface area contributed by atoms with Gasteiger partial charge < -0.3 is 5.11 Å². The average molecular weight is 293 g/mol. The summed E-state index contributed by atoms with van der Waals surface area (Å²) in [5, 5.41) is 9.97. The molecule has 1 aromatic rings. The van der Waals surface area contributed by atoms with Gasteiger partial charge in [-0.15, -0.1) is 0 Å². The summed E-state index contributed by atoms with van der Waals surface area (Å²) in [7, 11) is 0. The van der Waals surface area contributed by atoms with Gasteiger partial charge in [-0.25, -0.2) is 5.43 Å². The van der Waals surface area contributed by atoms with Crippen LogP contribution in [0.25, 0.3) is 0 Å². The van der Waals surface area contributed by atoms with E-state index < -0.39 is 23.9 Å². The van der Waals surface area contributed by atoms with Crippen LogP contribution in [0.15, 0.2) is 35.0 Å². The summed E-state index contributed by atoms with van der Waals surface area (Å²) in [6.07, 6.45) is -4.52. The number of rotatable bonds is 2. The van der Waals surface area contributed by atoms with Crippen molar-refractivity contribution >= 4 is 17.3 Å². The van der Waals surface area contributed by atoms with Gasteiger partial charge in [-0.05, 0) is 24.6 Å². The Hall–Kier alpha value is -1.24. The van der Waals surface area contributed by atoms with Crippen molar-refractivity contribution in [3.05, 3.63) is 40.6 Å². The molecule has 1 aromatic carbocycles. The fraction of sp³-hybridized carbons (Fsp3) is 0.333. The molecule has 1 aliphatic heterocycles. The maximum absolute atomic E-state index is 12.8. The second-order valence-electron chi connectivity index (χ2n) is 4.23. The maximum Gasteiger partial charge on any atom is 0.410 e. The van der Waals surface area contributed by atoms with E-state index >= 15 is 0 Å². The third-order valence-corrected chi connectivity index (χ3v) is 3.23. The van der Waals surface area contributed by atoms with Crippen molar-refractivity contribution in [1.82, 2.24) is 5.43 Å². The zero-order valence-electron chi connectivity index (χ0n) is 10.0. The van der Waals surface area contributed by atoms with Gasteiger partial charge in [0.2, 0.25) is 0 Å². The minimum absolute atomic E-state index is 0.00888. The molecule has 2 N–H and O–H groups in total. The fourth-order valence-electron chi connectivity index (χ4n) is 1.90. The second-order valence-corrected chi connectivity index (χ2v) is 4.64. The number of hydrazine groups is 1. The predicted molar refractivity (Wildman–Crippen MR) is 66.6 cm³/mol. The van der Waals surface area contributed by atoms with E-state index in [4.69, 9.17) is 11.6 Å². The maximum atomic E-state index is 12.8. The number of aliphatic hydroxyl groups excluding tert-OH is 1. The van der Waals surface area contributed by atoms with Gasteiger partial charge in [-0.2, -0.15) is 13.2 Å². The minimum Gasteiger partial charge on any atom is -0.390 e. The van der Waals surface area contributed by atoms with Crippen molar-refractivity contribution in [2.45, 2.75) is 19.1 Å². The number of halogens is 4. The van der Waals surface area contributed by atoms with Crippen LogP contribution in [-0.4, -0.2) is 23.9 Å². The number of alkyl halides is 3. The van der Waals surface area contributed by atoms with E-state index in [1.165, 1.54) is 5.01 Å². The summed E-state index contributed by atoms with van der Waals surface area (Å²) in [6, 6.07) is 4.89. The third kappa shape index (κ3) is 2.70. The van der Waals surface area contributed by atoms with Crippen LogP contribution in [0.3, 0.4) is 0 Å². The first kappa shape index (κ1) is 14.2. The number of anilines is 1. The largest absolute Gasteiger partial charge is 0.410 e. The first-order valence-corrected chi connectivity index (χ1v) is 5.91. The van der Waals surface area contributed by atoms with E-state index in [-0.39, 0.29) is 5.70 Å². The summed E-state index contributed by atoms with van der Waals surface area (Å²) in [5.41, 5.74) is 3.66. The van der Waals surface area contributed by atoms with Crippen LogP contribution in [0.1, 0.15) is 5.56 Å². The van der Waals surface area contributed by atoms with Gasteiger partial charge in [-0.1, -0.05) is 23.7 Å². The van der Waals surface area contributed by atoms with Crippen LogP contribution >= 0.6 is 11.6 Å². The Balaban J connectivity index is 2.39. The summed E-state index contributed by atoms with van der Waals surface area (Å²) in [6.45, 7) is 1.25. The molecular weight excluding hydrogens is 281 g/mol. The van der Waals surface area contributed by atoms with Gasteiger partial charge in [0.15, 0.2) is 6.04 Å². The Kier molecular flexibility index (Phi) is 3.75. The highest BCUT2D eigenvalue weighted by molar-refractivity contribution is 6.31.